The van der Waals surface area contributed by atoms with E-state index in [0.717, 1.165) is 5.56 Å². The minimum Gasteiger partial charge on any atom is -0.373 e. The molecule has 2 aromatic rings. The number of halogens is 6. The molecule has 2 fully saturated rings. The molecule has 10 heteroatoms. The highest BCUT2D eigenvalue weighted by Crippen LogP contribution is 2.45. The van der Waals surface area contributed by atoms with Crippen LogP contribution in [0.5, 0.6) is 0 Å². The van der Waals surface area contributed by atoms with Gasteiger partial charge < -0.3 is 10.1 Å². The standard InChI is InChI=1S/C25H26F6N2O2/c1-16(17-11-19(24(26,27)28)13-20(12-17)25(29,30)31)35-14-22(18-5-3-2-4-6-18)7-9-23(10-8-22)21(34)32-15-33-23/h2-6,11-13,16,33H,7-10,14-15H2,1H3,(H,32,34). The fourth-order valence-electron chi connectivity index (χ4n) is 5.00. The van der Waals surface area contributed by atoms with Gasteiger partial charge in [-0.3, -0.25) is 10.1 Å². The van der Waals surface area contributed by atoms with Gasteiger partial charge in [-0.25, -0.2) is 0 Å². The van der Waals surface area contributed by atoms with Crippen molar-refractivity contribution in [1.29, 1.82) is 0 Å². The molecule has 0 aromatic heterocycles. The Labute approximate surface area is 199 Å². The molecular formula is C25H26F6N2O2. The van der Waals surface area contributed by atoms with Gasteiger partial charge in [0.25, 0.3) is 0 Å². The third-order valence-corrected chi connectivity index (χ3v) is 7.25. The molecule has 2 N–H and O–H groups in total. The summed E-state index contributed by atoms with van der Waals surface area (Å²) >= 11 is 0. The van der Waals surface area contributed by atoms with Crippen molar-refractivity contribution in [2.75, 3.05) is 13.3 Å². The molecule has 1 spiro atoms. The molecule has 1 saturated carbocycles. The largest absolute Gasteiger partial charge is 0.416 e. The van der Waals surface area contributed by atoms with Gasteiger partial charge >= 0.3 is 12.4 Å². The quantitative estimate of drug-likeness (QED) is 0.516. The van der Waals surface area contributed by atoms with Crippen LogP contribution in [0.4, 0.5) is 26.3 Å². The van der Waals surface area contributed by atoms with Crippen molar-refractivity contribution in [2.24, 2.45) is 0 Å². The molecule has 1 saturated heterocycles. The lowest BCUT2D eigenvalue weighted by Gasteiger charge is -2.44. The molecule has 1 heterocycles. The molecule has 4 rings (SSSR count). The van der Waals surface area contributed by atoms with E-state index in [1.807, 2.05) is 30.3 Å². The Bertz CT molecular complexity index is 1030. The number of hydrogen-bond acceptors (Lipinski definition) is 3. The fourth-order valence-corrected chi connectivity index (χ4v) is 5.00. The van der Waals surface area contributed by atoms with Crippen molar-refractivity contribution in [3.8, 4) is 0 Å². The summed E-state index contributed by atoms with van der Waals surface area (Å²) in [6.07, 6.45) is -8.65. The van der Waals surface area contributed by atoms with Crippen molar-refractivity contribution < 1.29 is 35.9 Å². The summed E-state index contributed by atoms with van der Waals surface area (Å²) in [5.74, 6) is -0.0582. The minimum atomic E-state index is -4.92. The van der Waals surface area contributed by atoms with Crippen LogP contribution in [0, 0.1) is 0 Å². The van der Waals surface area contributed by atoms with E-state index in [1.165, 1.54) is 6.92 Å². The zero-order valence-electron chi connectivity index (χ0n) is 19.0. The lowest BCUT2D eigenvalue weighted by molar-refractivity contribution is -0.143. The molecule has 35 heavy (non-hydrogen) atoms. The third kappa shape index (κ3) is 5.18. The molecular weight excluding hydrogens is 474 g/mol. The first-order valence-corrected chi connectivity index (χ1v) is 11.3. The van der Waals surface area contributed by atoms with Gasteiger partial charge in [0.2, 0.25) is 5.91 Å². The molecule has 1 atom stereocenters. The molecule has 1 aliphatic carbocycles. The van der Waals surface area contributed by atoms with E-state index < -0.39 is 40.5 Å². The van der Waals surface area contributed by atoms with Gasteiger partial charge in [0.15, 0.2) is 0 Å². The summed E-state index contributed by atoms with van der Waals surface area (Å²) in [7, 11) is 0. The zero-order chi connectivity index (χ0) is 25.5. The summed E-state index contributed by atoms with van der Waals surface area (Å²) in [4.78, 5) is 12.4. The minimum absolute atomic E-state index is 0.0582. The van der Waals surface area contributed by atoms with Crippen LogP contribution in [0.2, 0.25) is 0 Å². The number of nitrogens with one attached hydrogen (secondary N) is 2. The molecule has 190 valence electrons. The Morgan fingerprint density at radius 2 is 1.49 bits per heavy atom. The van der Waals surface area contributed by atoms with Crippen molar-refractivity contribution >= 4 is 5.91 Å². The first-order valence-electron chi connectivity index (χ1n) is 11.3. The molecule has 1 unspecified atom stereocenters. The highest BCUT2D eigenvalue weighted by Gasteiger charge is 2.50. The maximum absolute atomic E-state index is 13.3. The predicted octanol–water partition coefficient (Wildman–Crippen LogP) is 5.73. The number of carbonyl (C=O) groups is 1. The Morgan fingerprint density at radius 1 is 0.914 bits per heavy atom. The summed E-state index contributed by atoms with van der Waals surface area (Å²) < 4.78 is 85.7. The third-order valence-electron chi connectivity index (χ3n) is 7.25. The number of benzene rings is 2. The lowest BCUT2D eigenvalue weighted by Crippen LogP contribution is -2.53. The Kier molecular flexibility index (Phi) is 6.65. The van der Waals surface area contributed by atoms with Gasteiger partial charge in [-0.1, -0.05) is 30.3 Å². The SMILES string of the molecule is CC(OCC1(c2ccccc2)CCC2(CC1)NCNC2=O)c1cc(C(F)(F)F)cc(C(F)(F)F)c1. The second-order valence-electron chi connectivity index (χ2n) is 9.38. The summed E-state index contributed by atoms with van der Waals surface area (Å²) in [6.45, 7) is 1.93. The van der Waals surface area contributed by atoms with Crippen LogP contribution >= 0.6 is 0 Å². The van der Waals surface area contributed by atoms with E-state index in [2.05, 4.69) is 10.6 Å². The number of carbonyl (C=O) groups excluding carboxylic acids is 1. The lowest BCUT2D eigenvalue weighted by atomic mass is 9.64. The topological polar surface area (TPSA) is 50.4 Å². The van der Waals surface area contributed by atoms with E-state index in [9.17, 15) is 31.1 Å². The van der Waals surface area contributed by atoms with Crippen LogP contribution in [0.3, 0.4) is 0 Å². The first kappa shape index (κ1) is 25.5. The molecule has 1 amide bonds. The second kappa shape index (κ2) is 9.13. The number of rotatable bonds is 5. The normalized spacial score (nSPS) is 26.1. The highest BCUT2D eigenvalue weighted by molar-refractivity contribution is 5.88. The predicted molar refractivity (Wildman–Crippen MR) is 116 cm³/mol. The van der Waals surface area contributed by atoms with Crippen LogP contribution in [0.1, 0.15) is 61.0 Å². The number of amides is 1. The van der Waals surface area contributed by atoms with E-state index in [0.29, 0.717) is 44.5 Å². The second-order valence-corrected chi connectivity index (χ2v) is 9.38. The van der Waals surface area contributed by atoms with Gasteiger partial charge in [0.05, 0.1) is 36.0 Å². The highest BCUT2D eigenvalue weighted by atomic mass is 19.4. The monoisotopic (exact) mass is 500 g/mol. The number of ether oxygens (including phenoxy) is 1. The van der Waals surface area contributed by atoms with Crippen molar-refractivity contribution in [2.45, 2.75) is 62.0 Å². The summed E-state index contributed by atoms with van der Waals surface area (Å²) in [5, 5.41) is 6.02. The Morgan fingerprint density at radius 3 is 1.97 bits per heavy atom. The van der Waals surface area contributed by atoms with E-state index in [1.54, 1.807) is 0 Å². The maximum Gasteiger partial charge on any atom is 0.416 e. The first-order chi connectivity index (χ1) is 16.3. The Hall–Kier alpha value is -2.59. The molecule has 1 aliphatic heterocycles. The Balaban J connectivity index is 1.59. The van der Waals surface area contributed by atoms with Crippen LogP contribution in [0.25, 0.3) is 0 Å². The van der Waals surface area contributed by atoms with Crippen molar-refractivity contribution in [3.05, 3.63) is 70.8 Å². The van der Waals surface area contributed by atoms with Gasteiger partial charge in [-0.2, -0.15) is 26.3 Å². The van der Waals surface area contributed by atoms with Crippen molar-refractivity contribution in [3.63, 3.8) is 0 Å². The maximum atomic E-state index is 13.3. The van der Waals surface area contributed by atoms with Crippen molar-refractivity contribution in [1.82, 2.24) is 10.6 Å². The molecule has 0 radical (unpaired) electrons. The van der Waals surface area contributed by atoms with Crippen LogP contribution < -0.4 is 10.6 Å². The summed E-state index contributed by atoms with van der Waals surface area (Å²) in [5.41, 5.74) is -3.16. The van der Waals surface area contributed by atoms with Gasteiger partial charge in [-0.15, -0.1) is 0 Å². The van der Waals surface area contributed by atoms with Crippen LogP contribution in [-0.4, -0.2) is 24.7 Å². The molecule has 2 aliphatic rings. The number of alkyl halides is 6. The van der Waals surface area contributed by atoms with E-state index in [-0.39, 0.29) is 24.1 Å². The van der Waals surface area contributed by atoms with E-state index >= 15 is 0 Å². The molecule has 0 bridgehead atoms. The van der Waals surface area contributed by atoms with Gasteiger partial charge in [0, 0.05) is 5.41 Å². The number of hydrogen-bond donors (Lipinski definition) is 2. The van der Waals surface area contributed by atoms with Crippen LogP contribution in [-0.2, 0) is 27.3 Å². The zero-order valence-corrected chi connectivity index (χ0v) is 19.0. The fraction of sp³-hybridized carbons (Fsp3) is 0.480. The molecule has 4 nitrogen and oxygen atoms in total. The van der Waals surface area contributed by atoms with Crippen LogP contribution in [0.15, 0.2) is 48.5 Å². The van der Waals surface area contributed by atoms with E-state index in [4.69, 9.17) is 4.74 Å². The molecule has 2 aromatic carbocycles. The summed E-state index contributed by atoms with van der Waals surface area (Å²) in [6, 6.07) is 11.0. The van der Waals surface area contributed by atoms with Gasteiger partial charge in [-0.05, 0) is 61.9 Å². The van der Waals surface area contributed by atoms with Gasteiger partial charge in [0.1, 0.15) is 0 Å². The average Bonchev–Trinajstić information content (AvgIpc) is 3.17. The average molecular weight is 500 g/mol. The smallest absolute Gasteiger partial charge is 0.373 e.